The minimum absolute atomic E-state index is 0.130. The first kappa shape index (κ1) is 17.9. The van der Waals surface area contributed by atoms with Crippen LogP contribution < -0.4 is 5.32 Å². The summed E-state index contributed by atoms with van der Waals surface area (Å²) in [4.78, 5) is 16.4. The lowest BCUT2D eigenvalue weighted by Gasteiger charge is -2.05. The van der Waals surface area contributed by atoms with Crippen molar-refractivity contribution < 1.29 is 9.21 Å². The lowest BCUT2D eigenvalue weighted by Crippen LogP contribution is -2.14. The fraction of sp³-hybridized carbons (Fsp3) is 0.111. The van der Waals surface area contributed by atoms with E-state index in [-0.39, 0.29) is 11.7 Å². The van der Waals surface area contributed by atoms with Crippen molar-refractivity contribution >= 4 is 46.6 Å². The van der Waals surface area contributed by atoms with Crippen LogP contribution in [0.5, 0.6) is 0 Å². The third-order valence-electron chi connectivity index (χ3n) is 3.20. The van der Waals surface area contributed by atoms with E-state index in [1.165, 1.54) is 11.8 Å². The normalized spacial score (nSPS) is 10.6. The number of oxazole rings is 1. The van der Waals surface area contributed by atoms with E-state index in [9.17, 15) is 4.79 Å². The van der Waals surface area contributed by atoms with Gasteiger partial charge in [-0.05, 0) is 30.3 Å². The van der Waals surface area contributed by atoms with Crippen LogP contribution in [0.3, 0.4) is 0 Å². The largest absolute Gasteiger partial charge is 0.444 e. The summed E-state index contributed by atoms with van der Waals surface area (Å²) >= 11 is 13.3. The molecule has 2 aromatic carbocycles. The summed E-state index contributed by atoms with van der Waals surface area (Å²) in [7, 11) is 0. The van der Waals surface area contributed by atoms with Gasteiger partial charge >= 0.3 is 0 Å². The second-order valence-corrected chi connectivity index (χ2v) is 7.07. The van der Waals surface area contributed by atoms with Crippen molar-refractivity contribution in [3.05, 3.63) is 70.5 Å². The molecule has 3 aromatic rings. The van der Waals surface area contributed by atoms with Crippen LogP contribution in [-0.4, -0.2) is 16.6 Å². The molecule has 1 aromatic heterocycles. The second-order valence-electron chi connectivity index (χ2n) is 5.21. The number of carbonyl (C=O) groups is 1. The minimum atomic E-state index is -0.130. The molecule has 25 heavy (non-hydrogen) atoms. The number of nitrogens with one attached hydrogen (secondary N) is 1. The van der Waals surface area contributed by atoms with Gasteiger partial charge in [0, 0.05) is 27.0 Å². The highest BCUT2D eigenvalue weighted by atomic mass is 35.5. The number of hydrogen-bond acceptors (Lipinski definition) is 4. The molecule has 0 radical (unpaired) electrons. The van der Waals surface area contributed by atoms with Gasteiger partial charge in [0.1, 0.15) is 6.26 Å². The number of hydrogen-bond donors (Lipinski definition) is 1. The lowest BCUT2D eigenvalue weighted by molar-refractivity contribution is -0.113. The highest BCUT2D eigenvalue weighted by Crippen LogP contribution is 2.23. The van der Waals surface area contributed by atoms with Crippen molar-refractivity contribution in [1.29, 1.82) is 0 Å². The van der Waals surface area contributed by atoms with Crippen LogP contribution in [0.4, 0.5) is 5.69 Å². The van der Waals surface area contributed by atoms with E-state index in [1.807, 2.05) is 30.3 Å². The van der Waals surface area contributed by atoms with Gasteiger partial charge in [0.15, 0.2) is 0 Å². The SMILES string of the molecule is O=C(CSCc1coc(-c2ccccc2)n1)Nc1cc(Cl)cc(Cl)c1. The summed E-state index contributed by atoms with van der Waals surface area (Å²) < 4.78 is 5.48. The summed E-state index contributed by atoms with van der Waals surface area (Å²) in [5.74, 6) is 1.32. The molecule has 0 spiro atoms. The molecule has 1 amide bonds. The molecule has 0 saturated heterocycles. The van der Waals surface area contributed by atoms with Crippen molar-refractivity contribution in [2.75, 3.05) is 11.1 Å². The number of nitrogens with zero attached hydrogens (tertiary/aromatic N) is 1. The van der Waals surface area contributed by atoms with E-state index in [1.54, 1.807) is 24.5 Å². The maximum atomic E-state index is 12.0. The Kier molecular flexibility index (Phi) is 6.02. The molecule has 0 unspecified atom stereocenters. The Balaban J connectivity index is 1.49. The molecule has 4 nitrogen and oxygen atoms in total. The maximum Gasteiger partial charge on any atom is 0.234 e. The fourth-order valence-electron chi connectivity index (χ4n) is 2.16. The standard InChI is InChI=1S/C18H14Cl2N2O2S/c19-13-6-14(20)8-15(7-13)21-17(23)11-25-10-16-9-24-18(22-16)12-4-2-1-3-5-12/h1-9H,10-11H2,(H,21,23). The van der Waals surface area contributed by atoms with Crippen LogP contribution in [0, 0.1) is 0 Å². The highest BCUT2D eigenvalue weighted by molar-refractivity contribution is 7.99. The van der Waals surface area contributed by atoms with E-state index in [4.69, 9.17) is 27.6 Å². The maximum absolute atomic E-state index is 12.0. The first-order valence-corrected chi connectivity index (χ1v) is 9.35. The molecule has 3 rings (SSSR count). The Morgan fingerprint density at radius 1 is 1.12 bits per heavy atom. The van der Waals surface area contributed by atoms with Crippen LogP contribution in [0.15, 0.2) is 59.2 Å². The molecule has 0 aliphatic heterocycles. The Bertz CT molecular complexity index is 848. The van der Waals surface area contributed by atoms with Gasteiger partial charge in [0.25, 0.3) is 0 Å². The summed E-state index contributed by atoms with van der Waals surface area (Å²) in [5.41, 5.74) is 2.30. The smallest absolute Gasteiger partial charge is 0.234 e. The van der Waals surface area contributed by atoms with E-state index in [2.05, 4.69) is 10.3 Å². The summed E-state index contributed by atoms with van der Waals surface area (Å²) in [5, 5.41) is 3.72. The van der Waals surface area contributed by atoms with Gasteiger partial charge in [-0.3, -0.25) is 4.79 Å². The van der Waals surface area contributed by atoms with Crippen molar-refractivity contribution in [3.8, 4) is 11.5 Å². The quantitative estimate of drug-likeness (QED) is 0.599. The van der Waals surface area contributed by atoms with Crippen molar-refractivity contribution in [2.24, 2.45) is 0 Å². The van der Waals surface area contributed by atoms with Crippen LogP contribution in [0.25, 0.3) is 11.5 Å². The Morgan fingerprint density at radius 2 is 1.84 bits per heavy atom. The molecule has 7 heteroatoms. The topological polar surface area (TPSA) is 55.1 Å². The van der Waals surface area contributed by atoms with Crippen molar-refractivity contribution in [2.45, 2.75) is 5.75 Å². The average Bonchev–Trinajstić information content (AvgIpc) is 3.03. The molecular weight excluding hydrogens is 379 g/mol. The monoisotopic (exact) mass is 392 g/mol. The Morgan fingerprint density at radius 3 is 2.56 bits per heavy atom. The van der Waals surface area contributed by atoms with Gasteiger partial charge in [-0.25, -0.2) is 4.98 Å². The molecule has 0 atom stereocenters. The third-order valence-corrected chi connectivity index (χ3v) is 4.60. The molecule has 0 aliphatic carbocycles. The summed E-state index contributed by atoms with van der Waals surface area (Å²) in [6.45, 7) is 0. The number of rotatable bonds is 6. The Labute approximate surface area is 159 Å². The summed E-state index contributed by atoms with van der Waals surface area (Å²) in [6.07, 6.45) is 1.62. The molecule has 0 aliphatic rings. The average molecular weight is 393 g/mol. The van der Waals surface area contributed by atoms with Gasteiger partial charge in [0.2, 0.25) is 11.8 Å². The lowest BCUT2D eigenvalue weighted by atomic mass is 10.2. The van der Waals surface area contributed by atoms with E-state index < -0.39 is 0 Å². The number of carbonyl (C=O) groups excluding carboxylic acids is 1. The molecule has 128 valence electrons. The van der Waals surface area contributed by atoms with E-state index in [0.29, 0.717) is 27.4 Å². The highest BCUT2D eigenvalue weighted by Gasteiger charge is 2.08. The number of benzene rings is 2. The van der Waals surface area contributed by atoms with Gasteiger partial charge in [-0.1, -0.05) is 41.4 Å². The molecule has 0 saturated carbocycles. The predicted octanol–water partition coefficient (Wildman–Crippen LogP) is 5.52. The molecule has 0 bridgehead atoms. The molecule has 1 heterocycles. The zero-order chi connectivity index (χ0) is 17.6. The van der Waals surface area contributed by atoms with Crippen LogP contribution in [-0.2, 0) is 10.5 Å². The minimum Gasteiger partial charge on any atom is -0.444 e. The van der Waals surface area contributed by atoms with Crippen molar-refractivity contribution in [1.82, 2.24) is 4.98 Å². The van der Waals surface area contributed by atoms with Gasteiger partial charge in [-0.2, -0.15) is 0 Å². The van der Waals surface area contributed by atoms with Crippen molar-refractivity contribution in [3.63, 3.8) is 0 Å². The number of amides is 1. The van der Waals surface area contributed by atoms with E-state index >= 15 is 0 Å². The molecule has 0 fully saturated rings. The summed E-state index contributed by atoms with van der Waals surface area (Å²) in [6, 6.07) is 14.6. The molecular formula is C18H14Cl2N2O2S. The number of aromatic nitrogens is 1. The molecule has 1 N–H and O–H groups in total. The zero-order valence-corrected chi connectivity index (χ0v) is 15.4. The van der Waals surface area contributed by atoms with Crippen LogP contribution in [0.2, 0.25) is 10.0 Å². The third kappa shape index (κ3) is 5.26. The van der Waals surface area contributed by atoms with Gasteiger partial charge in [-0.15, -0.1) is 11.8 Å². The first-order chi connectivity index (χ1) is 12.1. The first-order valence-electron chi connectivity index (χ1n) is 7.43. The second kappa shape index (κ2) is 8.43. The van der Waals surface area contributed by atoms with E-state index in [0.717, 1.165) is 11.3 Å². The number of anilines is 1. The number of thioether (sulfide) groups is 1. The van der Waals surface area contributed by atoms with Gasteiger partial charge in [0.05, 0.1) is 11.4 Å². The van der Waals surface area contributed by atoms with Crippen LogP contribution >= 0.6 is 35.0 Å². The predicted molar refractivity (Wildman–Crippen MR) is 103 cm³/mol. The Hall–Kier alpha value is -1.95. The fourth-order valence-corrected chi connectivity index (χ4v) is 3.39. The van der Waals surface area contributed by atoms with Gasteiger partial charge < -0.3 is 9.73 Å². The van der Waals surface area contributed by atoms with Crippen LogP contribution in [0.1, 0.15) is 5.69 Å². The zero-order valence-electron chi connectivity index (χ0n) is 13.0. The number of halogens is 2.